The predicted octanol–water partition coefficient (Wildman–Crippen LogP) is -0.0780. The van der Waals surface area contributed by atoms with Crippen LogP contribution in [0.2, 0.25) is 0 Å². The Bertz CT molecular complexity index is 626. The van der Waals surface area contributed by atoms with Gasteiger partial charge in [-0.15, -0.1) is 0 Å². The Kier molecular flexibility index (Phi) is 3.65. The smallest absolute Gasteiger partial charge is 0.341 e. The molecule has 98 valence electrons. The van der Waals surface area contributed by atoms with Crippen molar-refractivity contribution in [2.75, 3.05) is 5.75 Å². The molecule has 1 aromatic rings. The fraction of sp³-hybridized carbons (Fsp3) is 0.111. The number of carboxylic acid groups (broad SMARTS) is 1. The van der Waals surface area contributed by atoms with Gasteiger partial charge in [-0.3, -0.25) is 4.79 Å². The maximum absolute atomic E-state index is 13.6. The van der Waals surface area contributed by atoms with E-state index in [4.69, 9.17) is 5.11 Å². The summed E-state index contributed by atoms with van der Waals surface area (Å²) in [6.07, 6.45) is 0. The summed E-state index contributed by atoms with van der Waals surface area (Å²) >= 11 is 0. The molecule has 1 amide bonds. The highest BCUT2D eigenvalue weighted by molar-refractivity contribution is 7.92. The topological polar surface area (TPSA) is 115 Å². The molecular weight excluding hydrogens is 272 g/mol. The molecule has 0 heterocycles. The Morgan fingerprint density at radius 1 is 1.28 bits per heavy atom. The second-order valence-electron chi connectivity index (χ2n) is 3.27. The average Bonchev–Trinajstić information content (AvgIpc) is 2.13. The highest BCUT2D eigenvalue weighted by Crippen LogP contribution is 2.22. The number of primary amides is 1. The molecule has 0 unspecified atom stereocenters. The van der Waals surface area contributed by atoms with Crippen molar-refractivity contribution in [1.29, 1.82) is 0 Å². The van der Waals surface area contributed by atoms with Crippen LogP contribution in [0.25, 0.3) is 0 Å². The minimum Gasteiger partial charge on any atom is -0.477 e. The van der Waals surface area contributed by atoms with E-state index in [0.29, 0.717) is 12.1 Å². The maximum atomic E-state index is 13.6. The van der Waals surface area contributed by atoms with Crippen LogP contribution in [0.3, 0.4) is 0 Å². The highest BCUT2D eigenvalue weighted by Gasteiger charge is 2.27. The van der Waals surface area contributed by atoms with Gasteiger partial charge >= 0.3 is 5.97 Å². The summed E-state index contributed by atoms with van der Waals surface area (Å²) in [5.41, 5.74) is 3.26. The van der Waals surface area contributed by atoms with Gasteiger partial charge in [0, 0.05) is 0 Å². The summed E-state index contributed by atoms with van der Waals surface area (Å²) in [7, 11) is -4.44. The fourth-order valence-corrected chi connectivity index (χ4v) is 2.42. The standard InChI is InChI=1S/C9H7F2NO5S/c10-4-1-2-5(8(11)7(4)9(14)15)18(16,17)3-6(12)13/h1-2H,3H2,(H2,12,13)(H,14,15). The third kappa shape index (κ3) is 2.62. The van der Waals surface area contributed by atoms with Gasteiger partial charge in [0.1, 0.15) is 22.0 Å². The zero-order valence-electron chi connectivity index (χ0n) is 8.68. The van der Waals surface area contributed by atoms with Crippen molar-refractivity contribution in [3.63, 3.8) is 0 Å². The molecule has 0 aliphatic heterocycles. The van der Waals surface area contributed by atoms with Crippen LogP contribution < -0.4 is 5.73 Å². The van der Waals surface area contributed by atoms with Crippen LogP contribution in [0.4, 0.5) is 8.78 Å². The van der Waals surface area contributed by atoms with Gasteiger partial charge in [0.15, 0.2) is 15.7 Å². The maximum Gasteiger partial charge on any atom is 0.341 e. The van der Waals surface area contributed by atoms with Gasteiger partial charge in [0.2, 0.25) is 5.91 Å². The van der Waals surface area contributed by atoms with Gasteiger partial charge in [-0.1, -0.05) is 0 Å². The molecule has 0 saturated carbocycles. The number of amides is 1. The predicted molar refractivity (Wildman–Crippen MR) is 54.6 cm³/mol. The van der Waals surface area contributed by atoms with E-state index >= 15 is 0 Å². The molecule has 18 heavy (non-hydrogen) atoms. The lowest BCUT2D eigenvalue weighted by atomic mass is 10.2. The zero-order valence-corrected chi connectivity index (χ0v) is 9.50. The lowest BCUT2D eigenvalue weighted by Gasteiger charge is -2.06. The van der Waals surface area contributed by atoms with E-state index in [1.54, 1.807) is 0 Å². The molecule has 1 aromatic carbocycles. The van der Waals surface area contributed by atoms with Crippen LogP contribution in [0, 0.1) is 11.6 Å². The molecule has 0 aliphatic rings. The SMILES string of the molecule is NC(=O)CS(=O)(=O)c1ccc(F)c(C(=O)O)c1F. The van der Waals surface area contributed by atoms with Crippen LogP contribution >= 0.6 is 0 Å². The first kappa shape index (κ1) is 14.0. The highest BCUT2D eigenvalue weighted by atomic mass is 32.2. The zero-order chi connectivity index (χ0) is 14.1. The number of aromatic carboxylic acids is 1. The molecule has 0 spiro atoms. The molecule has 0 fully saturated rings. The Labute approximate surface area is 99.9 Å². The molecule has 0 bridgehead atoms. The first-order valence-electron chi connectivity index (χ1n) is 4.39. The first-order valence-corrected chi connectivity index (χ1v) is 6.04. The van der Waals surface area contributed by atoms with Crippen molar-refractivity contribution >= 4 is 21.7 Å². The normalized spacial score (nSPS) is 11.2. The van der Waals surface area contributed by atoms with Gasteiger partial charge in [0.05, 0.1) is 0 Å². The number of carbonyl (C=O) groups excluding carboxylic acids is 1. The second kappa shape index (κ2) is 4.69. The van der Waals surface area contributed by atoms with E-state index in [1.165, 1.54) is 0 Å². The molecule has 9 heteroatoms. The molecule has 0 radical (unpaired) electrons. The summed E-state index contributed by atoms with van der Waals surface area (Å²) in [6.45, 7) is 0. The summed E-state index contributed by atoms with van der Waals surface area (Å²) in [6, 6.07) is 1.02. The van der Waals surface area contributed by atoms with Crippen molar-refractivity contribution in [1.82, 2.24) is 0 Å². The van der Waals surface area contributed by atoms with Crippen molar-refractivity contribution < 1.29 is 31.9 Å². The number of nitrogens with two attached hydrogens (primary N) is 1. The number of hydrogen-bond donors (Lipinski definition) is 2. The molecular formula is C9H7F2NO5S. The second-order valence-corrected chi connectivity index (χ2v) is 5.22. The molecule has 0 atom stereocenters. The molecule has 0 saturated heterocycles. The molecule has 0 aliphatic carbocycles. The fourth-order valence-electron chi connectivity index (χ4n) is 1.23. The van der Waals surface area contributed by atoms with Crippen molar-refractivity contribution in [3.05, 3.63) is 29.3 Å². The van der Waals surface area contributed by atoms with Crippen LogP contribution in [0.1, 0.15) is 10.4 Å². The van der Waals surface area contributed by atoms with E-state index in [9.17, 15) is 26.8 Å². The van der Waals surface area contributed by atoms with Crippen molar-refractivity contribution in [2.45, 2.75) is 4.90 Å². The number of benzene rings is 1. The number of halogens is 2. The lowest BCUT2D eigenvalue weighted by molar-refractivity contribution is -0.115. The van der Waals surface area contributed by atoms with E-state index < -0.39 is 49.6 Å². The van der Waals surface area contributed by atoms with Crippen molar-refractivity contribution in [3.8, 4) is 0 Å². The Balaban J connectivity index is 3.50. The van der Waals surface area contributed by atoms with E-state index in [1.807, 2.05) is 0 Å². The van der Waals surface area contributed by atoms with Crippen molar-refractivity contribution in [2.24, 2.45) is 5.73 Å². The Hall–Kier alpha value is -2.03. The van der Waals surface area contributed by atoms with Crippen LogP contribution in [0.5, 0.6) is 0 Å². The van der Waals surface area contributed by atoms with E-state index in [0.717, 1.165) is 0 Å². The Morgan fingerprint density at radius 2 is 1.83 bits per heavy atom. The van der Waals surface area contributed by atoms with Gasteiger partial charge in [0.25, 0.3) is 0 Å². The third-order valence-corrected chi connectivity index (χ3v) is 3.59. The van der Waals surface area contributed by atoms with Gasteiger partial charge in [-0.25, -0.2) is 22.0 Å². The van der Waals surface area contributed by atoms with Gasteiger partial charge < -0.3 is 10.8 Å². The summed E-state index contributed by atoms with van der Waals surface area (Å²) in [5.74, 6) is -7.58. The average molecular weight is 279 g/mol. The first-order chi connectivity index (χ1) is 8.16. The molecule has 0 aromatic heterocycles. The number of sulfone groups is 1. The van der Waals surface area contributed by atoms with Crippen LogP contribution in [-0.2, 0) is 14.6 Å². The largest absolute Gasteiger partial charge is 0.477 e. The molecule has 6 nitrogen and oxygen atoms in total. The third-order valence-electron chi connectivity index (χ3n) is 1.94. The minimum atomic E-state index is -4.44. The monoisotopic (exact) mass is 279 g/mol. The van der Waals surface area contributed by atoms with Gasteiger partial charge in [-0.2, -0.15) is 0 Å². The van der Waals surface area contributed by atoms with E-state index in [2.05, 4.69) is 5.73 Å². The number of carbonyl (C=O) groups is 2. The molecule has 1 rings (SSSR count). The van der Waals surface area contributed by atoms with Crippen LogP contribution in [0.15, 0.2) is 17.0 Å². The summed E-state index contributed by atoms with van der Waals surface area (Å²) < 4.78 is 49.6. The van der Waals surface area contributed by atoms with Gasteiger partial charge in [-0.05, 0) is 12.1 Å². The number of carboxylic acids is 1. The Morgan fingerprint density at radius 3 is 2.28 bits per heavy atom. The van der Waals surface area contributed by atoms with Crippen LogP contribution in [-0.4, -0.2) is 31.2 Å². The molecule has 3 N–H and O–H groups in total. The quantitative estimate of drug-likeness (QED) is 0.748. The number of hydrogen-bond acceptors (Lipinski definition) is 4. The summed E-state index contributed by atoms with van der Waals surface area (Å²) in [4.78, 5) is 20.0. The summed E-state index contributed by atoms with van der Waals surface area (Å²) in [5, 5.41) is 8.55. The lowest BCUT2D eigenvalue weighted by Crippen LogP contribution is -2.24. The number of rotatable bonds is 4. The van der Waals surface area contributed by atoms with E-state index in [-0.39, 0.29) is 0 Å². The minimum absolute atomic E-state index is 0.487.